The molecule has 1 fully saturated rings. The molecular weight excluding hydrogens is 330 g/mol. The quantitative estimate of drug-likeness (QED) is 0.806. The third-order valence-electron chi connectivity index (χ3n) is 4.06. The number of carbonyl (C=O) groups excluding carboxylic acids is 2. The fourth-order valence-corrected chi connectivity index (χ4v) is 2.72. The van der Waals surface area contributed by atoms with Gasteiger partial charge in [-0.25, -0.2) is 4.79 Å². The SMILES string of the molecule is CC(C)(C)OC(=O)NCCNC(=O)c1cc(C2CC2)nc2ccccc12. The number of pyridine rings is 1. The number of carbonyl (C=O) groups is 2. The summed E-state index contributed by atoms with van der Waals surface area (Å²) in [5, 5.41) is 6.34. The van der Waals surface area contributed by atoms with E-state index >= 15 is 0 Å². The smallest absolute Gasteiger partial charge is 0.407 e. The molecule has 1 aromatic carbocycles. The molecule has 1 aromatic heterocycles. The van der Waals surface area contributed by atoms with Crippen molar-refractivity contribution in [1.29, 1.82) is 0 Å². The summed E-state index contributed by atoms with van der Waals surface area (Å²) >= 11 is 0. The van der Waals surface area contributed by atoms with E-state index in [0.29, 0.717) is 24.6 Å². The lowest BCUT2D eigenvalue weighted by molar-refractivity contribution is 0.0526. The van der Waals surface area contributed by atoms with Crippen molar-refractivity contribution in [2.75, 3.05) is 13.1 Å². The van der Waals surface area contributed by atoms with Crippen LogP contribution in [0.25, 0.3) is 10.9 Å². The van der Waals surface area contributed by atoms with Gasteiger partial charge in [0.25, 0.3) is 5.91 Å². The largest absolute Gasteiger partial charge is 0.444 e. The summed E-state index contributed by atoms with van der Waals surface area (Å²) in [5.41, 5.74) is 1.92. The molecule has 0 radical (unpaired) electrons. The van der Waals surface area contributed by atoms with Crippen molar-refractivity contribution in [1.82, 2.24) is 15.6 Å². The molecule has 6 nitrogen and oxygen atoms in total. The molecule has 26 heavy (non-hydrogen) atoms. The normalized spacial score (nSPS) is 14.1. The average molecular weight is 355 g/mol. The molecule has 2 N–H and O–H groups in total. The van der Waals surface area contributed by atoms with Crippen LogP contribution < -0.4 is 10.6 Å². The van der Waals surface area contributed by atoms with Gasteiger partial charge in [-0.2, -0.15) is 0 Å². The first-order chi connectivity index (χ1) is 12.3. The average Bonchev–Trinajstić information content (AvgIpc) is 3.41. The van der Waals surface area contributed by atoms with E-state index in [1.165, 1.54) is 0 Å². The number of benzene rings is 1. The van der Waals surface area contributed by atoms with Gasteiger partial charge in [-0.1, -0.05) is 18.2 Å². The first-order valence-electron chi connectivity index (χ1n) is 8.98. The third-order valence-corrected chi connectivity index (χ3v) is 4.06. The van der Waals surface area contributed by atoms with E-state index in [4.69, 9.17) is 4.74 Å². The molecule has 0 spiro atoms. The molecule has 0 unspecified atom stereocenters. The molecule has 2 amide bonds. The molecule has 1 heterocycles. The zero-order chi connectivity index (χ0) is 18.7. The van der Waals surface area contributed by atoms with Crippen molar-refractivity contribution >= 4 is 22.9 Å². The molecule has 0 saturated heterocycles. The second-order valence-electron chi connectivity index (χ2n) is 7.57. The minimum atomic E-state index is -0.539. The number of para-hydroxylation sites is 1. The maximum absolute atomic E-state index is 12.6. The molecule has 0 atom stereocenters. The number of amides is 2. The van der Waals surface area contributed by atoms with Gasteiger partial charge in [0.2, 0.25) is 0 Å². The number of nitrogens with one attached hydrogen (secondary N) is 2. The van der Waals surface area contributed by atoms with E-state index in [0.717, 1.165) is 29.4 Å². The maximum Gasteiger partial charge on any atom is 0.407 e. The van der Waals surface area contributed by atoms with E-state index in [9.17, 15) is 9.59 Å². The molecule has 138 valence electrons. The van der Waals surface area contributed by atoms with Gasteiger partial charge in [-0.05, 0) is 45.7 Å². The Bertz CT molecular complexity index is 823. The lowest BCUT2D eigenvalue weighted by Crippen LogP contribution is -2.37. The van der Waals surface area contributed by atoms with Crippen LogP contribution >= 0.6 is 0 Å². The van der Waals surface area contributed by atoms with Gasteiger partial charge >= 0.3 is 6.09 Å². The van der Waals surface area contributed by atoms with E-state index in [2.05, 4.69) is 15.6 Å². The summed E-state index contributed by atoms with van der Waals surface area (Å²) in [6, 6.07) is 9.58. The molecular formula is C20H25N3O3. The van der Waals surface area contributed by atoms with Crippen molar-refractivity contribution < 1.29 is 14.3 Å². The van der Waals surface area contributed by atoms with Gasteiger partial charge in [0, 0.05) is 30.1 Å². The Kier molecular flexibility index (Phi) is 5.11. The van der Waals surface area contributed by atoms with Crippen LogP contribution in [0, 0.1) is 0 Å². The Hall–Kier alpha value is -2.63. The number of nitrogens with zero attached hydrogens (tertiary/aromatic N) is 1. The highest BCUT2D eigenvalue weighted by molar-refractivity contribution is 6.06. The Morgan fingerprint density at radius 3 is 2.54 bits per heavy atom. The van der Waals surface area contributed by atoms with Gasteiger partial charge in [0.1, 0.15) is 5.60 Å². The number of rotatable bonds is 5. The first-order valence-corrected chi connectivity index (χ1v) is 8.98. The lowest BCUT2D eigenvalue weighted by Gasteiger charge is -2.19. The fraction of sp³-hybridized carbons (Fsp3) is 0.450. The summed E-state index contributed by atoms with van der Waals surface area (Å²) in [5.74, 6) is 0.316. The fourth-order valence-electron chi connectivity index (χ4n) is 2.72. The lowest BCUT2D eigenvalue weighted by atomic mass is 10.1. The second kappa shape index (κ2) is 7.32. The van der Waals surface area contributed by atoms with Crippen LogP contribution in [0.5, 0.6) is 0 Å². The van der Waals surface area contributed by atoms with Crippen molar-refractivity contribution in [2.24, 2.45) is 0 Å². The molecule has 0 bridgehead atoms. The van der Waals surface area contributed by atoms with E-state index in [1.54, 1.807) is 20.8 Å². The Morgan fingerprint density at radius 2 is 1.85 bits per heavy atom. The van der Waals surface area contributed by atoms with Crippen LogP contribution in [-0.2, 0) is 4.74 Å². The Balaban J connectivity index is 1.62. The number of hydrogen-bond donors (Lipinski definition) is 2. The topological polar surface area (TPSA) is 80.3 Å². The second-order valence-corrected chi connectivity index (χ2v) is 7.57. The van der Waals surface area contributed by atoms with Gasteiger partial charge in [0.05, 0.1) is 11.1 Å². The van der Waals surface area contributed by atoms with Gasteiger partial charge < -0.3 is 15.4 Å². The number of alkyl carbamates (subject to hydrolysis) is 1. The van der Waals surface area contributed by atoms with Crippen molar-refractivity contribution in [3.63, 3.8) is 0 Å². The predicted octanol–water partition coefficient (Wildman–Crippen LogP) is 3.37. The summed E-state index contributed by atoms with van der Waals surface area (Å²) in [6.45, 7) is 6.05. The van der Waals surface area contributed by atoms with Gasteiger partial charge in [0.15, 0.2) is 0 Å². The van der Waals surface area contributed by atoms with Crippen LogP contribution in [-0.4, -0.2) is 35.7 Å². The van der Waals surface area contributed by atoms with Crippen molar-refractivity contribution in [3.8, 4) is 0 Å². The summed E-state index contributed by atoms with van der Waals surface area (Å²) < 4.78 is 5.17. The van der Waals surface area contributed by atoms with E-state index < -0.39 is 11.7 Å². The molecule has 1 aliphatic carbocycles. The molecule has 1 saturated carbocycles. The third kappa shape index (κ3) is 4.71. The van der Waals surface area contributed by atoms with Gasteiger partial charge in [-0.15, -0.1) is 0 Å². The summed E-state index contributed by atoms with van der Waals surface area (Å²) in [6.07, 6.45) is 1.77. The number of fused-ring (bicyclic) bond motifs is 1. The standard InChI is InChI=1S/C20H25N3O3/c1-20(2,3)26-19(25)22-11-10-21-18(24)15-12-17(13-8-9-13)23-16-7-5-4-6-14(15)16/h4-7,12-13H,8-11H2,1-3H3,(H,21,24)(H,22,25). The first kappa shape index (κ1) is 18.2. The highest BCUT2D eigenvalue weighted by atomic mass is 16.6. The minimum Gasteiger partial charge on any atom is -0.444 e. The molecule has 0 aliphatic heterocycles. The molecule has 3 rings (SSSR count). The van der Waals surface area contributed by atoms with E-state index in [1.807, 2.05) is 30.3 Å². The zero-order valence-corrected chi connectivity index (χ0v) is 15.5. The number of ether oxygens (including phenoxy) is 1. The van der Waals surface area contributed by atoms with Gasteiger partial charge in [-0.3, -0.25) is 9.78 Å². The maximum atomic E-state index is 12.6. The molecule has 2 aromatic rings. The summed E-state index contributed by atoms with van der Waals surface area (Å²) in [4.78, 5) is 28.9. The molecule has 1 aliphatic rings. The zero-order valence-electron chi connectivity index (χ0n) is 15.5. The van der Waals surface area contributed by atoms with Crippen LogP contribution in [0.2, 0.25) is 0 Å². The number of aromatic nitrogens is 1. The Labute approximate surface area is 153 Å². The van der Waals surface area contributed by atoms with E-state index in [-0.39, 0.29) is 5.91 Å². The minimum absolute atomic E-state index is 0.156. The highest BCUT2D eigenvalue weighted by Crippen LogP contribution is 2.40. The number of hydrogen-bond acceptors (Lipinski definition) is 4. The van der Waals surface area contributed by atoms with Crippen LogP contribution in [0.1, 0.15) is 55.6 Å². The highest BCUT2D eigenvalue weighted by Gasteiger charge is 2.26. The monoisotopic (exact) mass is 355 g/mol. The molecule has 6 heteroatoms. The van der Waals surface area contributed by atoms with Crippen molar-refractivity contribution in [2.45, 2.75) is 45.1 Å². The van der Waals surface area contributed by atoms with Crippen LogP contribution in [0.15, 0.2) is 30.3 Å². The van der Waals surface area contributed by atoms with Crippen LogP contribution in [0.3, 0.4) is 0 Å². The summed E-state index contributed by atoms with van der Waals surface area (Å²) in [7, 11) is 0. The van der Waals surface area contributed by atoms with Crippen LogP contribution in [0.4, 0.5) is 4.79 Å². The Morgan fingerprint density at radius 1 is 1.15 bits per heavy atom. The predicted molar refractivity (Wildman–Crippen MR) is 100 cm³/mol. The van der Waals surface area contributed by atoms with Crippen molar-refractivity contribution in [3.05, 3.63) is 41.6 Å².